The molecule has 1 unspecified atom stereocenters. The topological polar surface area (TPSA) is 46.2 Å². The second-order valence-electron chi connectivity index (χ2n) is 4.78. The van der Waals surface area contributed by atoms with E-state index >= 15 is 0 Å². The number of benzene rings is 1. The standard InChI is InChI=1S/C15H19NO2S3/c1-12(15-4-3-10-20-15)16-9-11-19-13-5-7-14(8-6-13)21(2,17)18/h3-8,10,12,16H,9,11H2,1-2H3. The molecule has 0 fully saturated rings. The maximum Gasteiger partial charge on any atom is 0.175 e. The fourth-order valence-electron chi connectivity index (χ4n) is 1.87. The van der Waals surface area contributed by atoms with Crippen molar-refractivity contribution in [3.63, 3.8) is 0 Å². The minimum absolute atomic E-state index is 0.372. The lowest BCUT2D eigenvalue weighted by molar-refractivity contribution is 0.602. The van der Waals surface area contributed by atoms with Gasteiger partial charge in [0.1, 0.15) is 0 Å². The highest BCUT2D eigenvalue weighted by atomic mass is 32.2. The lowest BCUT2D eigenvalue weighted by Gasteiger charge is -2.11. The van der Waals surface area contributed by atoms with E-state index < -0.39 is 9.84 Å². The van der Waals surface area contributed by atoms with Crippen LogP contribution >= 0.6 is 23.1 Å². The second-order valence-corrected chi connectivity index (χ2v) is 8.95. The van der Waals surface area contributed by atoms with E-state index in [2.05, 4.69) is 29.8 Å². The second kappa shape index (κ2) is 7.45. The molecule has 1 N–H and O–H groups in total. The molecule has 0 aliphatic heterocycles. The summed E-state index contributed by atoms with van der Waals surface area (Å²) in [5.74, 6) is 0.952. The molecule has 0 saturated carbocycles. The summed E-state index contributed by atoms with van der Waals surface area (Å²) < 4.78 is 22.8. The Morgan fingerprint density at radius 1 is 1.24 bits per heavy atom. The van der Waals surface area contributed by atoms with Gasteiger partial charge in [-0.3, -0.25) is 0 Å². The van der Waals surface area contributed by atoms with Crippen LogP contribution in [-0.2, 0) is 9.84 Å². The van der Waals surface area contributed by atoms with Crippen molar-refractivity contribution in [3.05, 3.63) is 46.7 Å². The van der Waals surface area contributed by atoms with Crippen molar-refractivity contribution in [2.75, 3.05) is 18.6 Å². The third kappa shape index (κ3) is 5.14. The average molecular weight is 342 g/mol. The summed E-state index contributed by atoms with van der Waals surface area (Å²) in [4.78, 5) is 2.81. The van der Waals surface area contributed by atoms with E-state index in [4.69, 9.17) is 0 Å². The largest absolute Gasteiger partial charge is 0.309 e. The van der Waals surface area contributed by atoms with Gasteiger partial charge in [-0.15, -0.1) is 23.1 Å². The lowest BCUT2D eigenvalue weighted by Crippen LogP contribution is -2.20. The van der Waals surface area contributed by atoms with Gasteiger partial charge < -0.3 is 5.32 Å². The molecule has 0 spiro atoms. The first-order valence-corrected chi connectivity index (χ1v) is 10.4. The highest BCUT2D eigenvalue weighted by molar-refractivity contribution is 7.99. The van der Waals surface area contributed by atoms with Gasteiger partial charge in [0.25, 0.3) is 0 Å². The quantitative estimate of drug-likeness (QED) is 0.617. The first-order chi connectivity index (χ1) is 9.97. The Balaban J connectivity index is 1.76. The predicted molar refractivity (Wildman–Crippen MR) is 91.0 cm³/mol. The summed E-state index contributed by atoms with van der Waals surface area (Å²) in [6.07, 6.45) is 1.23. The van der Waals surface area contributed by atoms with Gasteiger partial charge in [0.05, 0.1) is 4.90 Å². The maximum absolute atomic E-state index is 11.4. The van der Waals surface area contributed by atoms with E-state index in [0.717, 1.165) is 17.2 Å². The number of sulfone groups is 1. The number of hydrogen-bond donors (Lipinski definition) is 1. The number of nitrogens with one attached hydrogen (secondary N) is 1. The lowest BCUT2D eigenvalue weighted by atomic mass is 10.3. The van der Waals surface area contributed by atoms with Crippen molar-refractivity contribution in [2.24, 2.45) is 0 Å². The highest BCUT2D eigenvalue weighted by Crippen LogP contribution is 2.21. The molecule has 2 aromatic rings. The smallest absolute Gasteiger partial charge is 0.175 e. The third-order valence-electron chi connectivity index (χ3n) is 3.04. The van der Waals surface area contributed by atoms with Crippen LogP contribution in [0.4, 0.5) is 0 Å². The van der Waals surface area contributed by atoms with Crippen molar-refractivity contribution < 1.29 is 8.42 Å². The van der Waals surface area contributed by atoms with Crippen molar-refractivity contribution >= 4 is 32.9 Å². The van der Waals surface area contributed by atoms with Crippen LogP contribution in [0.3, 0.4) is 0 Å². The summed E-state index contributed by atoms with van der Waals surface area (Å²) in [5.41, 5.74) is 0. The van der Waals surface area contributed by atoms with Gasteiger partial charge in [-0.05, 0) is 42.6 Å². The normalized spacial score (nSPS) is 13.2. The van der Waals surface area contributed by atoms with Crippen LogP contribution in [-0.4, -0.2) is 27.0 Å². The Morgan fingerprint density at radius 2 is 1.95 bits per heavy atom. The van der Waals surface area contributed by atoms with E-state index in [-0.39, 0.29) is 0 Å². The molecule has 21 heavy (non-hydrogen) atoms. The number of thioether (sulfide) groups is 1. The monoisotopic (exact) mass is 341 g/mol. The summed E-state index contributed by atoms with van der Waals surface area (Å²) in [7, 11) is -3.10. The Kier molecular flexibility index (Phi) is 5.87. The number of thiophene rings is 1. The first-order valence-electron chi connectivity index (χ1n) is 6.66. The molecule has 0 aliphatic rings. The third-order valence-corrected chi connectivity index (χ3v) is 6.24. The molecular formula is C15H19NO2S3. The summed E-state index contributed by atoms with van der Waals surface area (Å²) >= 11 is 3.49. The highest BCUT2D eigenvalue weighted by Gasteiger charge is 2.07. The number of rotatable bonds is 7. The van der Waals surface area contributed by atoms with Crippen molar-refractivity contribution in [1.82, 2.24) is 5.32 Å². The fraction of sp³-hybridized carbons (Fsp3) is 0.333. The number of hydrogen-bond acceptors (Lipinski definition) is 5. The van der Waals surface area contributed by atoms with Crippen LogP contribution in [0.15, 0.2) is 51.6 Å². The van der Waals surface area contributed by atoms with E-state index in [9.17, 15) is 8.42 Å². The molecule has 0 radical (unpaired) electrons. The minimum Gasteiger partial charge on any atom is -0.309 e. The molecule has 3 nitrogen and oxygen atoms in total. The molecule has 114 valence electrons. The Hall–Kier alpha value is -0.820. The molecule has 1 heterocycles. The Labute approximate surface area is 134 Å². The van der Waals surface area contributed by atoms with Crippen LogP contribution in [0.1, 0.15) is 17.8 Å². The van der Waals surface area contributed by atoms with Crippen LogP contribution < -0.4 is 5.32 Å². The predicted octanol–water partition coefficient (Wildman–Crippen LogP) is 3.59. The molecule has 6 heteroatoms. The van der Waals surface area contributed by atoms with Gasteiger partial charge in [0, 0.05) is 34.4 Å². The van der Waals surface area contributed by atoms with Crippen molar-refractivity contribution in [1.29, 1.82) is 0 Å². The molecule has 0 aliphatic carbocycles. The summed E-state index contributed by atoms with van der Waals surface area (Å²) in [6.45, 7) is 3.08. The molecule has 1 aromatic heterocycles. The SMILES string of the molecule is CC(NCCSc1ccc(S(C)(=O)=O)cc1)c1cccs1. The van der Waals surface area contributed by atoms with E-state index in [1.807, 2.05) is 12.1 Å². The van der Waals surface area contributed by atoms with Gasteiger partial charge >= 0.3 is 0 Å². The van der Waals surface area contributed by atoms with Gasteiger partial charge in [-0.2, -0.15) is 0 Å². The van der Waals surface area contributed by atoms with E-state index in [0.29, 0.717) is 10.9 Å². The van der Waals surface area contributed by atoms with Crippen LogP contribution in [0.2, 0.25) is 0 Å². The van der Waals surface area contributed by atoms with Crippen LogP contribution in [0.25, 0.3) is 0 Å². The Morgan fingerprint density at radius 3 is 2.52 bits per heavy atom. The van der Waals surface area contributed by atoms with Gasteiger partial charge in [-0.25, -0.2) is 8.42 Å². The maximum atomic E-state index is 11.4. The molecule has 0 bridgehead atoms. The molecule has 1 atom stereocenters. The van der Waals surface area contributed by atoms with Gasteiger partial charge in [0.2, 0.25) is 0 Å². The fourth-order valence-corrected chi connectivity index (χ4v) is 4.04. The zero-order valence-corrected chi connectivity index (χ0v) is 14.5. The summed E-state index contributed by atoms with van der Waals surface area (Å²) in [6, 6.07) is 11.6. The molecule has 0 saturated heterocycles. The van der Waals surface area contributed by atoms with Gasteiger partial charge in [-0.1, -0.05) is 6.07 Å². The zero-order valence-electron chi connectivity index (χ0n) is 12.1. The average Bonchev–Trinajstić information content (AvgIpc) is 2.97. The molecular weight excluding hydrogens is 322 g/mol. The Bertz CT molecular complexity index is 649. The zero-order chi connectivity index (χ0) is 15.3. The molecule has 0 amide bonds. The molecule has 2 rings (SSSR count). The van der Waals surface area contributed by atoms with Crippen LogP contribution in [0, 0.1) is 0 Å². The molecule has 1 aromatic carbocycles. The summed E-state index contributed by atoms with van der Waals surface area (Å²) in [5, 5.41) is 5.57. The van der Waals surface area contributed by atoms with Gasteiger partial charge in [0.15, 0.2) is 9.84 Å². The first kappa shape index (κ1) is 16.5. The van der Waals surface area contributed by atoms with E-state index in [1.54, 1.807) is 35.2 Å². The van der Waals surface area contributed by atoms with Crippen molar-refractivity contribution in [2.45, 2.75) is 22.8 Å². The minimum atomic E-state index is -3.10. The van der Waals surface area contributed by atoms with Crippen molar-refractivity contribution in [3.8, 4) is 0 Å². The van der Waals surface area contributed by atoms with E-state index in [1.165, 1.54) is 11.1 Å². The van der Waals surface area contributed by atoms with Crippen LogP contribution in [0.5, 0.6) is 0 Å².